The van der Waals surface area contributed by atoms with Gasteiger partial charge in [0.15, 0.2) is 15.9 Å². The number of nitrogens with one attached hydrogen (secondary N) is 1. The molecule has 2 amide bonds. The number of halogens is 4. The normalized spacial score (nSPS) is 22.8. The van der Waals surface area contributed by atoms with Crippen LogP contribution >= 0.6 is 11.6 Å². The van der Waals surface area contributed by atoms with Gasteiger partial charge in [-0.05, 0) is 38.3 Å². The van der Waals surface area contributed by atoms with Gasteiger partial charge in [0.05, 0.1) is 21.2 Å². The van der Waals surface area contributed by atoms with Crippen molar-refractivity contribution in [3.8, 4) is 11.8 Å². The van der Waals surface area contributed by atoms with Crippen LogP contribution < -0.4 is 10.1 Å². The van der Waals surface area contributed by atoms with Crippen LogP contribution in [0.4, 0.5) is 18.0 Å². The van der Waals surface area contributed by atoms with Crippen LogP contribution in [0.3, 0.4) is 0 Å². The van der Waals surface area contributed by atoms with Crippen molar-refractivity contribution in [2.45, 2.75) is 60.2 Å². The molecular weight excluding hydrogens is 491 g/mol. The Morgan fingerprint density at radius 2 is 2.03 bits per heavy atom. The van der Waals surface area contributed by atoms with Crippen LogP contribution in [0.1, 0.15) is 26.2 Å². The minimum absolute atomic E-state index is 0.300. The fraction of sp³-hybridized carbons (Fsp3) is 0.526. The summed E-state index contributed by atoms with van der Waals surface area (Å²) in [5.41, 5.74) is -1.06. The lowest BCUT2D eigenvalue weighted by molar-refractivity contribution is -0.189. The molecule has 2 fully saturated rings. The van der Waals surface area contributed by atoms with Gasteiger partial charge in [-0.3, -0.25) is 9.69 Å². The van der Waals surface area contributed by atoms with E-state index in [2.05, 4.69) is 5.32 Å². The predicted molar refractivity (Wildman–Crippen MR) is 107 cm³/mol. The predicted octanol–water partition coefficient (Wildman–Crippen LogP) is 2.74. The minimum Gasteiger partial charge on any atom is -0.481 e. The number of carbonyl (C=O) groups is 2. The first kappa shape index (κ1) is 24.9. The summed E-state index contributed by atoms with van der Waals surface area (Å²) in [6.07, 6.45) is -7.85. The molecule has 3 rings (SSSR count). The summed E-state index contributed by atoms with van der Waals surface area (Å²) in [6.45, 7) is 0.260. The lowest BCUT2D eigenvalue weighted by atomic mass is 10.2. The smallest absolute Gasteiger partial charge is 0.425 e. The first-order valence-corrected chi connectivity index (χ1v) is 11.6. The number of carboxylic acid groups (broad SMARTS) is 1. The van der Waals surface area contributed by atoms with Crippen molar-refractivity contribution in [3.05, 3.63) is 23.2 Å². The zero-order valence-corrected chi connectivity index (χ0v) is 18.7. The average molecular weight is 510 g/mol. The molecule has 2 aliphatic rings. The Labute approximate surface area is 192 Å². The fourth-order valence-corrected chi connectivity index (χ4v) is 5.66. The fourth-order valence-electron chi connectivity index (χ4n) is 3.43. The van der Waals surface area contributed by atoms with Gasteiger partial charge in [-0.15, -0.1) is 0 Å². The Morgan fingerprint density at radius 1 is 1.39 bits per heavy atom. The summed E-state index contributed by atoms with van der Waals surface area (Å²) in [6, 6.07) is 3.52. The van der Waals surface area contributed by atoms with E-state index in [-0.39, 0.29) is 12.2 Å². The Balaban J connectivity index is 1.81. The summed E-state index contributed by atoms with van der Waals surface area (Å²) in [5, 5.41) is 19.3. The molecule has 33 heavy (non-hydrogen) atoms. The van der Waals surface area contributed by atoms with E-state index in [1.54, 1.807) is 0 Å². The molecule has 9 nitrogen and oxygen atoms in total. The number of ether oxygens (including phenoxy) is 1. The van der Waals surface area contributed by atoms with Crippen molar-refractivity contribution in [1.82, 2.24) is 10.2 Å². The van der Waals surface area contributed by atoms with Crippen molar-refractivity contribution < 1.29 is 41.0 Å². The van der Waals surface area contributed by atoms with Gasteiger partial charge in [0, 0.05) is 12.6 Å². The van der Waals surface area contributed by atoms with E-state index in [4.69, 9.17) is 21.6 Å². The van der Waals surface area contributed by atoms with Gasteiger partial charge >= 0.3 is 12.3 Å². The van der Waals surface area contributed by atoms with E-state index in [1.807, 2.05) is 6.07 Å². The monoisotopic (exact) mass is 509 g/mol. The quantitative estimate of drug-likeness (QED) is 0.601. The number of amides is 2. The Morgan fingerprint density at radius 3 is 2.52 bits per heavy atom. The number of hydrogen-bond donors (Lipinski definition) is 2. The highest BCUT2D eigenvalue weighted by Crippen LogP contribution is 2.37. The zero-order chi connectivity index (χ0) is 24.8. The van der Waals surface area contributed by atoms with Crippen LogP contribution in [0.5, 0.6) is 5.75 Å². The minimum atomic E-state index is -4.64. The van der Waals surface area contributed by atoms with E-state index < -0.39 is 67.4 Å². The number of alkyl halides is 3. The number of carbonyl (C=O) groups excluding carboxylic acids is 1. The number of hydrogen-bond acceptors (Lipinski definition) is 6. The molecule has 3 atom stereocenters. The highest BCUT2D eigenvalue weighted by Gasteiger charge is 2.50. The second-order valence-corrected chi connectivity index (χ2v) is 10.5. The van der Waals surface area contributed by atoms with E-state index in [9.17, 15) is 36.3 Å². The largest absolute Gasteiger partial charge is 0.481 e. The molecule has 14 heteroatoms. The molecule has 1 aliphatic carbocycles. The van der Waals surface area contributed by atoms with Gasteiger partial charge in [0.25, 0.3) is 0 Å². The third-order valence-electron chi connectivity index (χ3n) is 5.56. The van der Waals surface area contributed by atoms with Gasteiger partial charge in [-0.25, -0.2) is 13.2 Å². The van der Waals surface area contributed by atoms with Crippen LogP contribution in [0.15, 0.2) is 23.1 Å². The lowest BCUT2D eigenvalue weighted by Crippen LogP contribution is -2.49. The van der Waals surface area contributed by atoms with Gasteiger partial charge in [-0.2, -0.15) is 18.4 Å². The van der Waals surface area contributed by atoms with Crippen LogP contribution in [0, 0.1) is 11.3 Å². The molecule has 0 unspecified atom stereocenters. The van der Waals surface area contributed by atoms with Gasteiger partial charge in [0.1, 0.15) is 17.3 Å². The van der Waals surface area contributed by atoms with Crippen molar-refractivity contribution in [1.29, 1.82) is 5.26 Å². The number of benzene rings is 1. The average Bonchev–Trinajstić information content (AvgIpc) is 3.31. The van der Waals surface area contributed by atoms with Crippen molar-refractivity contribution in [3.63, 3.8) is 0 Å². The zero-order valence-electron chi connectivity index (χ0n) is 17.1. The molecule has 1 aromatic rings. The second kappa shape index (κ2) is 8.57. The molecule has 2 N–H and O–H groups in total. The Hall–Kier alpha value is -2.72. The molecule has 1 saturated carbocycles. The summed E-state index contributed by atoms with van der Waals surface area (Å²) in [4.78, 5) is 24.5. The molecule has 1 saturated heterocycles. The molecule has 0 spiro atoms. The summed E-state index contributed by atoms with van der Waals surface area (Å²) < 4.78 is 69.1. The van der Waals surface area contributed by atoms with Crippen LogP contribution in [0.2, 0.25) is 5.02 Å². The van der Waals surface area contributed by atoms with Gasteiger partial charge in [-0.1, -0.05) is 11.6 Å². The summed E-state index contributed by atoms with van der Waals surface area (Å²) in [7, 11) is -4.27. The van der Waals surface area contributed by atoms with E-state index >= 15 is 0 Å². The SMILES string of the molecule is C[C@H](Oc1ccc(S(=O)(=O)[C@@H]2C[C@@H](C(=O)NC3(C#N)CC3)N(C(=O)O)C2)c(Cl)c1)C(F)(F)F. The number of likely N-dealkylation sites (tertiary alicyclic amines) is 1. The van der Waals surface area contributed by atoms with Gasteiger partial charge < -0.3 is 15.2 Å². The topological polar surface area (TPSA) is 137 Å². The standard InChI is InChI=1S/C19H19ClF3N3O6S/c1-10(19(21,22)23)32-11-2-3-15(13(20)6-11)33(30,31)12-7-14(26(8-12)17(28)29)16(27)25-18(9-24)4-5-18/h2-3,6,10,12,14H,4-5,7-8H2,1H3,(H,25,27)(H,28,29)/t10-,12+,14-/m0/s1. The summed E-state index contributed by atoms with van der Waals surface area (Å²) in [5.74, 6) is -1.07. The van der Waals surface area contributed by atoms with E-state index in [0.717, 1.165) is 25.1 Å². The number of rotatable bonds is 6. The molecule has 0 radical (unpaired) electrons. The number of sulfone groups is 1. The Kier molecular flexibility index (Phi) is 6.47. The first-order valence-electron chi connectivity index (χ1n) is 9.70. The van der Waals surface area contributed by atoms with Crippen LogP contribution in [-0.4, -0.2) is 66.1 Å². The summed E-state index contributed by atoms with van der Waals surface area (Å²) >= 11 is 6.02. The van der Waals surface area contributed by atoms with Crippen molar-refractivity contribution in [2.75, 3.05) is 6.54 Å². The van der Waals surface area contributed by atoms with Crippen LogP contribution in [-0.2, 0) is 14.6 Å². The molecule has 180 valence electrons. The third kappa shape index (κ3) is 5.11. The maximum Gasteiger partial charge on any atom is 0.425 e. The molecular formula is C19H19ClF3N3O6S. The van der Waals surface area contributed by atoms with Crippen molar-refractivity contribution >= 4 is 33.4 Å². The Bertz CT molecular complexity index is 1120. The highest BCUT2D eigenvalue weighted by atomic mass is 35.5. The molecule has 1 aromatic carbocycles. The van der Waals surface area contributed by atoms with E-state index in [1.165, 1.54) is 0 Å². The highest BCUT2D eigenvalue weighted by molar-refractivity contribution is 7.92. The molecule has 0 aromatic heterocycles. The first-order chi connectivity index (χ1) is 15.2. The molecule has 1 heterocycles. The van der Waals surface area contributed by atoms with Crippen molar-refractivity contribution in [2.24, 2.45) is 0 Å². The maximum atomic E-state index is 13.1. The second-order valence-electron chi connectivity index (χ2n) is 7.93. The molecule has 0 bridgehead atoms. The van der Waals surface area contributed by atoms with E-state index in [0.29, 0.717) is 17.7 Å². The molecule has 1 aliphatic heterocycles. The number of nitriles is 1. The maximum absolute atomic E-state index is 13.1. The third-order valence-corrected chi connectivity index (χ3v) is 8.17. The number of nitrogens with zero attached hydrogens (tertiary/aromatic N) is 2. The van der Waals surface area contributed by atoms with Crippen LogP contribution in [0.25, 0.3) is 0 Å². The van der Waals surface area contributed by atoms with Gasteiger partial charge in [0.2, 0.25) is 5.91 Å². The lowest BCUT2D eigenvalue weighted by Gasteiger charge is -2.21.